The summed E-state index contributed by atoms with van der Waals surface area (Å²) < 4.78 is 0. The van der Waals surface area contributed by atoms with Gasteiger partial charge < -0.3 is 11.1 Å². The summed E-state index contributed by atoms with van der Waals surface area (Å²) in [6, 6.07) is 10.0. The molecule has 3 N–H and O–H groups in total. The fourth-order valence-corrected chi connectivity index (χ4v) is 1.72. The molecule has 0 atom stereocenters. The number of rotatable bonds is 3. The zero-order valence-corrected chi connectivity index (χ0v) is 8.42. The van der Waals surface area contributed by atoms with Crippen molar-refractivity contribution >= 4 is 22.2 Å². The summed E-state index contributed by atoms with van der Waals surface area (Å²) in [6.45, 7) is 0.720. The SMILES string of the molecule is Nc1nc(CNc2ccccc2)cs1. The van der Waals surface area contributed by atoms with Crippen molar-refractivity contribution in [1.82, 2.24) is 4.98 Å². The zero-order chi connectivity index (χ0) is 9.80. The summed E-state index contributed by atoms with van der Waals surface area (Å²) in [4.78, 5) is 4.16. The van der Waals surface area contributed by atoms with Crippen LogP contribution in [0.2, 0.25) is 0 Å². The molecule has 2 aromatic rings. The highest BCUT2D eigenvalue weighted by atomic mass is 32.1. The summed E-state index contributed by atoms with van der Waals surface area (Å²) >= 11 is 1.47. The van der Waals surface area contributed by atoms with Gasteiger partial charge in [0.2, 0.25) is 0 Å². The van der Waals surface area contributed by atoms with Crippen LogP contribution in [0.25, 0.3) is 0 Å². The molecule has 0 saturated carbocycles. The third-order valence-corrected chi connectivity index (χ3v) is 2.54. The second-order valence-electron chi connectivity index (χ2n) is 2.90. The number of benzene rings is 1. The van der Waals surface area contributed by atoms with Crippen molar-refractivity contribution in [3.8, 4) is 0 Å². The molecule has 4 heteroatoms. The molecule has 0 spiro atoms. The molecule has 14 heavy (non-hydrogen) atoms. The fourth-order valence-electron chi connectivity index (χ4n) is 1.15. The molecule has 0 saturated heterocycles. The van der Waals surface area contributed by atoms with Gasteiger partial charge in [0.05, 0.1) is 12.2 Å². The van der Waals surface area contributed by atoms with E-state index in [0.29, 0.717) is 5.13 Å². The molecule has 72 valence electrons. The average Bonchev–Trinajstić information content (AvgIpc) is 2.63. The maximum absolute atomic E-state index is 5.53. The standard InChI is InChI=1S/C10H11N3S/c11-10-13-9(7-14-10)6-12-8-4-2-1-3-5-8/h1-5,7,12H,6H2,(H2,11,13). The zero-order valence-electron chi connectivity index (χ0n) is 7.60. The Morgan fingerprint density at radius 3 is 2.71 bits per heavy atom. The van der Waals surface area contributed by atoms with Gasteiger partial charge in [0.15, 0.2) is 5.13 Å². The Morgan fingerprint density at radius 1 is 1.29 bits per heavy atom. The number of nitrogen functional groups attached to an aromatic ring is 1. The fraction of sp³-hybridized carbons (Fsp3) is 0.100. The van der Waals surface area contributed by atoms with Crippen molar-refractivity contribution in [2.45, 2.75) is 6.54 Å². The quantitative estimate of drug-likeness (QED) is 0.808. The highest BCUT2D eigenvalue weighted by Gasteiger charge is 1.97. The highest BCUT2D eigenvalue weighted by Crippen LogP contribution is 2.13. The van der Waals surface area contributed by atoms with E-state index >= 15 is 0 Å². The lowest BCUT2D eigenvalue weighted by Gasteiger charge is -2.02. The topological polar surface area (TPSA) is 50.9 Å². The van der Waals surface area contributed by atoms with Crippen LogP contribution in [0.4, 0.5) is 10.8 Å². The molecule has 0 amide bonds. The van der Waals surface area contributed by atoms with Crippen molar-refractivity contribution in [3.05, 3.63) is 41.4 Å². The minimum absolute atomic E-state index is 0.620. The lowest BCUT2D eigenvalue weighted by atomic mass is 10.3. The van der Waals surface area contributed by atoms with Gasteiger partial charge in [-0.3, -0.25) is 0 Å². The van der Waals surface area contributed by atoms with Gasteiger partial charge in [-0.25, -0.2) is 4.98 Å². The van der Waals surface area contributed by atoms with E-state index < -0.39 is 0 Å². The molecule has 0 bridgehead atoms. The van der Waals surface area contributed by atoms with Crippen molar-refractivity contribution < 1.29 is 0 Å². The van der Waals surface area contributed by atoms with Crippen molar-refractivity contribution in [3.63, 3.8) is 0 Å². The molecule has 3 nitrogen and oxygen atoms in total. The Bertz CT molecular complexity index is 397. The Hall–Kier alpha value is -1.55. The smallest absolute Gasteiger partial charge is 0.180 e. The van der Waals surface area contributed by atoms with Gasteiger partial charge in [-0.15, -0.1) is 11.3 Å². The predicted octanol–water partition coefficient (Wildman–Crippen LogP) is 2.34. The summed E-state index contributed by atoms with van der Waals surface area (Å²) in [6.07, 6.45) is 0. The molecule has 0 aliphatic carbocycles. The first kappa shape index (κ1) is 9.02. The number of nitrogens with two attached hydrogens (primary N) is 1. The van der Waals surface area contributed by atoms with E-state index in [2.05, 4.69) is 10.3 Å². The van der Waals surface area contributed by atoms with Gasteiger partial charge in [-0.2, -0.15) is 0 Å². The monoisotopic (exact) mass is 205 g/mol. The molecule has 0 unspecified atom stereocenters. The summed E-state index contributed by atoms with van der Waals surface area (Å²) in [5.41, 5.74) is 7.61. The van der Waals surface area contributed by atoms with Gasteiger partial charge in [0.1, 0.15) is 0 Å². The van der Waals surface area contributed by atoms with Gasteiger partial charge in [-0.1, -0.05) is 18.2 Å². The van der Waals surface area contributed by atoms with E-state index in [-0.39, 0.29) is 0 Å². The van der Waals surface area contributed by atoms with Gasteiger partial charge >= 0.3 is 0 Å². The number of para-hydroxylation sites is 1. The van der Waals surface area contributed by atoms with Crippen molar-refractivity contribution in [2.24, 2.45) is 0 Å². The average molecular weight is 205 g/mol. The van der Waals surface area contributed by atoms with Crippen LogP contribution in [-0.2, 0) is 6.54 Å². The predicted molar refractivity (Wildman–Crippen MR) is 60.3 cm³/mol. The number of hydrogen-bond acceptors (Lipinski definition) is 4. The lowest BCUT2D eigenvalue weighted by Crippen LogP contribution is -1.99. The Balaban J connectivity index is 1.95. The van der Waals surface area contributed by atoms with Gasteiger partial charge in [0.25, 0.3) is 0 Å². The molecule has 0 fully saturated rings. The Kier molecular flexibility index (Phi) is 2.65. The van der Waals surface area contributed by atoms with E-state index in [0.717, 1.165) is 17.9 Å². The third kappa shape index (κ3) is 2.23. The number of anilines is 2. The number of thiazole rings is 1. The molecule has 1 aromatic heterocycles. The van der Waals surface area contributed by atoms with Gasteiger partial charge in [-0.05, 0) is 12.1 Å². The number of nitrogens with zero attached hydrogens (tertiary/aromatic N) is 1. The third-order valence-electron chi connectivity index (χ3n) is 1.82. The maximum atomic E-state index is 5.53. The van der Waals surface area contributed by atoms with Crippen LogP contribution in [0.1, 0.15) is 5.69 Å². The minimum atomic E-state index is 0.620. The molecule has 0 aliphatic heterocycles. The second-order valence-corrected chi connectivity index (χ2v) is 3.79. The van der Waals surface area contributed by atoms with Crippen molar-refractivity contribution in [2.75, 3.05) is 11.1 Å². The molecular weight excluding hydrogens is 194 g/mol. The second kappa shape index (κ2) is 4.11. The highest BCUT2D eigenvalue weighted by molar-refractivity contribution is 7.13. The first-order chi connectivity index (χ1) is 6.84. The van der Waals surface area contributed by atoms with E-state index in [4.69, 9.17) is 5.73 Å². The van der Waals surface area contributed by atoms with Crippen LogP contribution < -0.4 is 11.1 Å². The summed E-state index contributed by atoms with van der Waals surface area (Å²) in [5, 5.41) is 5.85. The van der Waals surface area contributed by atoms with E-state index in [1.807, 2.05) is 35.7 Å². The summed E-state index contributed by atoms with van der Waals surface area (Å²) in [5.74, 6) is 0. The van der Waals surface area contributed by atoms with Crippen LogP contribution in [0.5, 0.6) is 0 Å². The minimum Gasteiger partial charge on any atom is -0.379 e. The largest absolute Gasteiger partial charge is 0.379 e. The summed E-state index contributed by atoms with van der Waals surface area (Å²) in [7, 11) is 0. The van der Waals surface area contributed by atoms with Crippen LogP contribution in [0.15, 0.2) is 35.7 Å². The molecular formula is C10H11N3S. The normalized spacial score (nSPS) is 10.0. The maximum Gasteiger partial charge on any atom is 0.180 e. The van der Waals surface area contributed by atoms with Crippen LogP contribution in [-0.4, -0.2) is 4.98 Å². The number of hydrogen-bond donors (Lipinski definition) is 2. The Morgan fingerprint density at radius 2 is 2.07 bits per heavy atom. The number of nitrogens with one attached hydrogen (secondary N) is 1. The molecule has 1 aromatic carbocycles. The first-order valence-electron chi connectivity index (χ1n) is 4.33. The number of aromatic nitrogens is 1. The Labute approximate surface area is 86.6 Å². The van der Waals surface area contributed by atoms with Crippen LogP contribution >= 0.6 is 11.3 Å². The van der Waals surface area contributed by atoms with Crippen molar-refractivity contribution in [1.29, 1.82) is 0 Å². The van der Waals surface area contributed by atoms with Crippen LogP contribution in [0.3, 0.4) is 0 Å². The van der Waals surface area contributed by atoms with E-state index in [9.17, 15) is 0 Å². The molecule has 1 heterocycles. The first-order valence-corrected chi connectivity index (χ1v) is 5.21. The van der Waals surface area contributed by atoms with Crippen LogP contribution in [0, 0.1) is 0 Å². The van der Waals surface area contributed by atoms with E-state index in [1.165, 1.54) is 11.3 Å². The molecule has 2 rings (SSSR count). The van der Waals surface area contributed by atoms with E-state index in [1.54, 1.807) is 0 Å². The lowest BCUT2D eigenvalue weighted by molar-refractivity contribution is 1.08. The molecule has 0 radical (unpaired) electrons. The van der Waals surface area contributed by atoms with Gasteiger partial charge in [0, 0.05) is 11.1 Å². The molecule has 0 aliphatic rings.